The molecule has 0 aromatic heterocycles. The lowest BCUT2D eigenvalue weighted by molar-refractivity contribution is 0.241. The van der Waals surface area contributed by atoms with Crippen LogP contribution in [0.5, 0.6) is 0 Å². The second kappa shape index (κ2) is 4.83. The summed E-state index contributed by atoms with van der Waals surface area (Å²) in [7, 11) is 2.21. The molecule has 1 aliphatic rings. The van der Waals surface area contributed by atoms with Crippen molar-refractivity contribution in [2.75, 3.05) is 20.1 Å². The standard InChI is InChI=1S/C10H22N2/c1-9(5-7-11)12(2)8-6-10-3-4-10/h9-10H,3-8,11H2,1-2H3. The molecule has 0 bridgehead atoms. The van der Waals surface area contributed by atoms with Crippen LogP contribution in [0.15, 0.2) is 0 Å². The largest absolute Gasteiger partial charge is 0.330 e. The molecule has 1 unspecified atom stereocenters. The van der Waals surface area contributed by atoms with Crippen LogP contribution in [0.1, 0.15) is 32.6 Å². The van der Waals surface area contributed by atoms with E-state index in [1.54, 1.807) is 0 Å². The quantitative estimate of drug-likeness (QED) is 0.654. The molecular formula is C10H22N2. The first-order valence-corrected chi connectivity index (χ1v) is 5.14. The zero-order chi connectivity index (χ0) is 8.97. The van der Waals surface area contributed by atoms with Crippen molar-refractivity contribution in [1.82, 2.24) is 4.90 Å². The number of nitrogens with zero attached hydrogens (tertiary/aromatic N) is 1. The van der Waals surface area contributed by atoms with Crippen LogP contribution in [0.3, 0.4) is 0 Å². The minimum Gasteiger partial charge on any atom is -0.330 e. The molecule has 72 valence electrons. The number of nitrogens with two attached hydrogens (primary N) is 1. The minimum absolute atomic E-state index is 0.661. The van der Waals surface area contributed by atoms with Gasteiger partial charge < -0.3 is 10.6 Å². The summed E-state index contributed by atoms with van der Waals surface area (Å²) in [5, 5.41) is 0. The van der Waals surface area contributed by atoms with Gasteiger partial charge in [0.25, 0.3) is 0 Å². The zero-order valence-corrected chi connectivity index (χ0v) is 8.42. The second-order valence-corrected chi connectivity index (χ2v) is 4.14. The van der Waals surface area contributed by atoms with Gasteiger partial charge in [-0.15, -0.1) is 0 Å². The number of rotatable bonds is 6. The van der Waals surface area contributed by atoms with Crippen molar-refractivity contribution in [2.24, 2.45) is 11.7 Å². The molecule has 0 radical (unpaired) electrons. The molecule has 1 aliphatic carbocycles. The van der Waals surface area contributed by atoms with Gasteiger partial charge in [-0.2, -0.15) is 0 Å². The van der Waals surface area contributed by atoms with Crippen LogP contribution in [-0.2, 0) is 0 Å². The van der Waals surface area contributed by atoms with Gasteiger partial charge in [0.1, 0.15) is 0 Å². The van der Waals surface area contributed by atoms with Crippen LogP contribution in [0.2, 0.25) is 0 Å². The van der Waals surface area contributed by atoms with Crippen LogP contribution >= 0.6 is 0 Å². The van der Waals surface area contributed by atoms with Gasteiger partial charge in [0, 0.05) is 6.04 Å². The van der Waals surface area contributed by atoms with Crippen molar-refractivity contribution in [3.63, 3.8) is 0 Å². The van der Waals surface area contributed by atoms with Crippen LogP contribution in [0.4, 0.5) is 0 Å². The van der Waals surface area contributed by atoms with Gasteiger partial charge in [-0.1, -0.05) is 12.8 Å². The first-order chi connectivity index (χ1) is 5.74. The van der Waals surface area contributed by atoms with E-state index in [4.69, 9.17) is 5.73 Å². The molecule has 1 atom stereocenters. The van der Waals surface area contributed by atoms with E-state index in [-0.39, 0.29) is 0 Å². The molecular weight excluding hydrogens is 148 g/mol. The number of hydrogen-bond donors (Lipinski definition) is 1. The first kappa shape index (κ1) is 10.0. The summed E-state index contributed by atoms with van der Waals surface area (Å²) in [5.41, 5.74) is 5.51. The molecule has 0 spiro atoms. The maximum atomic E-state index is 5.51. The third-order valence-electron chi connectivity index (χ3n) is 2.92. The molecule has 0 amide bonds. The fraction of sp³-hybridized carbons (Fsp3) is 1.00. The molecule has 0 heterocycles. The Hall–Kier alpha value is -0.0800. The Kier molecular flexibility index (Phi) is 4.02. The van der Waals surface area contributed by atoms with E-state index in [2.05, 4.69) is 18.9 Å². The molecule has 0 saturated heterocycles. The summed E-state index contributed by atoms with van der Waals surface area (Å²) in [6.07, 6.45) is 5.46. The predicted octanol–water partition coefficient (Wildman–Crippen LogP) is 1.46. The first-order valence-electron chi connectivity index (χ1n) is 5.14. The highest BCUT2D eigenvalue weighted by Gasteiger charge is 2.21. The average molecular weight is 170 g/mol. The highest BCUT2D eigenvalue weighted by molar-refractivity contribution is 4.75. The van der Waals surface area contributed by atoms with Gasteiger partial charge in [-0.05, 0) is 45.8 Å². The SMILES string of the molecule is CC(CCN)N(C)CCC1CC1. The summed E-state index contributed by atoms with van der Waals surface area (Å²) >= 11 is 0. The molecule has 2 heteroatoms. The Bertz CT molecular complexity index is 121. The predicted molar refractivity (Wildman–Crippen MR) is 53.1 cm³/mol. The average Bonchev–Trinajstić information content (AvgIpc) is 2.83. The van der Waals surface area contributed by atoms with Gasteiger partial charge in [0.2, 0.25) is 0 Å². The van der Waals surface area contributed by atoms with E-state index in [9.17, 15) is 0 Å². The van der Waals surface area contributed by atoms with Crippen molar-refractivity contribution >= 4 is 0 Å². The highest BCUT2D eigenvalue weighted by Crippen LogP contribution is 2.32. The topological polar surface area (TPSA) is 29.3 Å². The number of hydrogen-bond acceptors (Lipinski definition) is 2. The van der Waals surface area contributed by atoms with E-state index in [1.165, 1.54) is 25.8 Å². The van der Waals surface area contributed by atoms with E-state index in [0.29, 0.717) is 6.04 Å². The molecule has 0 aliphatic heterocycles. The third kappa shape index (κ3) is 3.55. The van der Waals surface area contributed by atoms with Crippen LogP contribution in [0, 0.1) is 5.92 Å². The smallest absolute Gasteiger partial charge is 0.00758 e. The molecule has 0 aromatic rings. The summed E-state index contributed by atoms with van der Waals surface area (Å²) < 4.78 is 0. The van der Waals surface area contributed by atoms with Crippen molar-refractivity contribution in [2.45, 2.75) is 38.6 Å². The van der Waals surface area contributed by atoms with Crippen LogP contribution < -0.4 is 5.73 Å². The van der Waals surface area contributed by atoms with E-state index < -0.39 is 0 Å². The highest BCUT2D eigenvalue weighted by atomic mass is 15.1. The van der Waals surface area contributed by atoms with Gasteiger partial charge >= 0.3 is 0 Å². The van der Waals surface area contributed by atoms with Crippen molar-refractivity contribution < 1.29 is 0 Å². The molecule has 2 nitrogen and oxygen atoms in total. The maximum Gasteiger partial charge on any atom is 0.00758 e. The Balaban J connectivity index is 2.03. The lowest BCUT2D eigenvalue weighted by Crippen LogP contribution is -2.31. The lowest BCUT2D eigenvalue weighted by atomic mass is 10.2. The second-order valence-electron chi connectivity index (χ2n) is 4.14. The summed E-state index contributed by atoms with van der Waals surface area (Å²) in [4.78, 5) is 2.44. The van der Waals surface area contributed by atoms with E-state index in [1.807, 2.05) is 0 Å². The van der Waals surface area contributed by atoms with Crippen molar-refractivity contribution in [3.05, 3.63) is 0 Å². The van der Waals surface area contributed by atoms with Gasteiger partial charge in [0.15, 0.2) is 0 Å². The summed E-state index contributed by atoms with van der Waals surface area (Å²) in [6.45, 7) is 4.33. The van der Waals surface area contributed by atoms with Gasteiger partial charge in [-0.3, -0.25) is 0 Å². The monoisotopic (exact) mass is 170 g/mol. The maximum absolute atomic E-state index is 5.51. The Labute approximate surface area is 76.1 Å². The van der Waals surface area contributed by atoms with Crippen LogP contribution in [-0.4, -0.2) is 31.1 Å². The fourth-order valence-corrected chi connectivity index (χ4v) is 1.47. The van der Waals surface area contributed by atoms with Gasteiger partial charge in [0.05, 0.1) is 0 Å². The van der Waals surface area contributed by atoms with E-state index in [0.717, 1.165) is 18.9 Å². The van der Waals surface area contributed by atoms with Crippen molar-refractivity contribution in [3.8, 4) is 0 Å². The van der Waals surface area contributed by atoms with Crippen molar-refractivity contribution in [1.29, 1.82) is 0 Å². The zero-order valence-electron chi connectivity index (χ0n) is 8.42. The molecule has 1 saturated carbocycles. The van der Waals surface area contributed by atoms with Gasteiger partial charge in [-0.25, -0.2) is 0 Å². The molecule has 0 aromatic carbocycles. The molecule has 2 N–H and O–H groups in total. The third-order valence-corrected chi connectivity index (χ3v) is 2.92. The normalized spacial score (nSPS) is 20.0. The summed E-state index contributed by atoms with van der Waals surface area (Å²) in [6, 6.07) is 0.661. The Morgan fingerprint density at radius 1 is 1.50 bits per heavy atom. The Morgan fingerprint density at radius 3 is 2.67 bits per heavy atom. The summed E-state index contributed by atoms with van der Waals surface area (Å²) in [5.74, 6) is 1.05. The molecule has 12 heavy (non-hydrogen) atoms. The fourth-order valence-electron chi connectivity index (χ4n) is 1.47. The van der Waals surface area contributed by atoms with E-state index >= 15 is 0 Å². The lowest BCUT2D eigenvalue weighted by Gasteiger charge is -2.23. The minimum atomic E-state index is 0.661. The molecule has 1 rings (SSSR count). The van der Waals surface area contributed by atoms with Crippen LogP contribution in [0.25, 0.3) is 0 Å². The Morgan fingerprint density at radius 2 is 2.17 bits per heavy atom. The molecule has 1 fully saturated rings.